The summed E-state index contributed by atoms with van der Waals surface area (Å²) < 4.78 is 0. The Morgan fingerprint density at radius 2 is 1.63 bits per heavy atom. The molecule has 2 amide bonds. The summed E-state index contributed by atoms with van der Waals surface area (Å²) >= 11 is 6.25. The maximum atomic E-state index is 13.2. The molecule has 4 nitrogen and oxygen atoms in total. The standard InChI is InChI=1S/C25H33ClN2O2/c1-4-19(3)27-25(30)23(5-2)28(18-17-20-11-7-6-8-12-20)24(29)16-15-21-13-9-10-14-22(21)26/h6-14,19,23H,4-5,15-18H2,1-3H3,(H,27,30)/t19-,23-/m0/s1. The van der Waals surface area contributed by atoms with E-state index in [1.165, 1.54) is 0 Å². The highest BCUT2D eigenvalue weighted by atomic mass is 35.5. The van der Waals surface area contributed by atoms with Gasteiger partial charge in [0.1, 0.15) is 6.04 Å². The SMILES string of the molecule is CC[C@H](C)NC(=O)[C@H](CC)N(CCc1ccccc1)C(=O)CCc1ccccc1Cl. The van der Waals surface area contributed by atoms with Crippen molar-refractivity contribution in [3.05, 3.63) is 70.7 Å². The highest BCUT2D eigenvalue weighted by Gasteiger charge is 2.28. The molecule has 1 N–H and O–H groups in total. The lowest BCUT2D eigenvalue weighted by Crippen LogP contribution is -2.51. The van der Waals surface area contributed by atoms with E-state index in [1.54, 1.807) is 4.90 Å². The number of benzene rings is 2. The van der Waals surface area contributed by atoms with Crippen LogP contribution >= 0.6 is 11.6 Å². The number of carbonyl (C=O) groups excluding carboxylic acids is 2. The zero-order valence-electron chi connectivity index (χ0n) is 18.2. The quantitative estimate of drug-likeness (QED) is 0.545. The third-order valence-electron chi connectivity index (χ3n) is 5.44. The molecule has 0 fully saturated rings. The van der Waals surface area contributed by atoms with E-state index in [2.05, 4.69) is 5.32 Å². The van der Waals surface area contributed by atoms with E-state index < -0.39 is 6.04 Å². The van der Waals surface area contributed by atoms with Crippen LogP contribution in [0.4, 0.5) is 0 Å². The minimum Gasteiger partial charge on any atom is -0.352 e. The summed E-state index contributed by atoms with van der Waals surface area (Å²) in [6, 6.07) is 17.3. The molecule has 5 heteroatoms. The number of rotatable bonds is 11. The van der Waals surface area contributed by atoms with E-state index >= 15 is 0 Å². The Balaban J connectivity index is 2.14. The van der Waals surface area contributed by atoms with Crippen molar-refractivity contribution in [2.75, 3.05) is 6.54 Å². The highest BCUT2D eigenvalue weighted by Crippen LogP contribution is 2.18. The first-order valence-corrected chi connectivity index (χ1v) is 11.2. The molecule has 0 spiro atoms. The zero-order valence-corrected chi connectivity index (χ0v) is 19.0. The van der Waals surface area contributed by atoms with Crippen molar-refractivity contribution in [2.45, 2.75) is 65.0 Å². The molecular formula is C25H33ClN2O2. The van der Waals surface area contributed by atoms with Crippen LogP contribution in [0.2, 0.25) is 5.02 Å². The number of aryl methyl sites for hydroxylation is 1. The third kappa shape index (κ3) is 7.17. The first kappa shape index (κ1) is 23.9. The second-order valence-electron chi connectivity index (χ2n) is 7.66. The summed E-state index contributed by atoms with van der Waals surface area (Å²) in [7, 11) is 0. The lowest BCUT2D eigenvalue weighted by Gasteiger charge is -2.31. The molecule has 0 bridgehead atoms. The number of nitrogens with one attached hydrogen (secondary N) is 1. The molecule has 30 heavy (non-hydrogen) atoms. The van der Waals surface area contributed by atoms with E-state index in [0.29, 0.717) is 37.3 Å². The fourth-order valence-electron chi connectivity index (χ4n) is 3.42. The molecule has 0 aliphatic carbocycles. The van der Waals surface area contributed by atoms with Crippen molar-refractivity contribution >= 4 is 23.4 Å². The van der Waals surface area contributed by atoms with Gasteiger partial charge in [-0.25, -0.2) is 0 Å². The molecule has 2 aromatic carbocycles. The minimum absolute atomic E-state index is 0.0167. The molecule has 2 aromatic rings. The largest absolute Gasteiger partial charge is 0.352 e. The lowest BCUT2D eigenvalue weighted by atomic mass is 10.1. The van der Waals surface area contributed by atoms with Crippen LogP contribution in [-0.4, -0.2) is 35.3 Å². The number of carbonyl (C=O) groups is 2. The van der Waals surface area contributed by atoms with Crippen molar-refractivity contribution in [3.63, 3.8) is 0 Å². The normalized spacial score (nSPS) is 12.8. The predicted octanol–water partition coefficient (Wildman–Crippen LogP) is 5.04. The second-order valence-corrected chi connectivity index (χ2v) is 8.06. The molecule has 0 unspecified atom stereocenters. The first-order valence-electron chi connectivity index (χ1n) is 10.8. The van der Waals surface area contributed by atoms with Crippen LogP contribution in [0.1, 0.15) is 51.2 Å². The Morgan fingerprint density at radius 1 is 0.967 bits per heavy atom. The van der Waals surface area contributed by atoms with Gasteiger partial charge in [-0.3, -0.25) is 9.59 Å². The summed E-state index contributed by atoms with van der Waals surface area (Å²) in [6.45, 7) is 6.49. The average Bonchev–Trinajstić information content (AvgIpc) is 2.76. The number of halogens is 1. The molecule has 0 saturated carbocycles. The topological polar surface area (TPSA) is 49.4 Å². The summed E-state index contributed by atoms with van der Waals surface area (Å²) in [5, 5.41) is 3.71. The van der Waals surface area contributed by atoms with Gasteiger partial charge in [0, 0.05) is 24.0 Å². The monoisotopic (exact) mass is 428 g/mol. The molecule has 0 aliphatic heterocycles. The number of amides is 2. The molecule has 0 aliphatic rings. The fraction of sp³-hybridized carbons (Fsp3) is 0.440. The second kappa shape index (κ2) is 12.4. The van der Waals surface area contributed by atoms with Gasteiger partial charge in [-0.2, -0.15) is 0 Å². The van der Waals surface area contributed by atoms with Crippen LogP contribution < -0.4 is 5.32 Å². The van der Waals surface area contributed by atoms with Gasteiger partial charge in [-0.15, -0.1) is 0 Å². The van der Waals surface area contributed by atoms with E-state index in [1.807, 2.05) is 75.4 Å². The number of hydrogen-bond donors (Lipinski definition) is 1. The Hall–Kier alpha value is -2.33. The van der Waals surface area contributed by atoms with Gasteiger partial charge < -0.3 is 10.2 Å². The van der Waals surface area contributed by atoms with Crippen LogP contribution in [0.5, 0.6) is 0 Å². The summed E-state index contributed by atoms with van der Waals surface area (Å²) in [5.74, 6) is -0.0944. The van der Waals surface area contributed by atoms with Crippen LogP contribution in [0.15, 0.2) is 54.6 Å². The smallest absolute Gasteiger partial charge is 0.243 e. The maximum Gasteiger partial charge on any atom is 0.243 e. The zero-order chi connectivity index (χ0) is 21.9. The molecule has 162 valence electrons. The van der Waals surface area contributed by atoms with Crippen LogP contribution in [-0.2, 0) is 22.4 Å². The van der Waals surface area contributed by atoms with Crippen LogP contribution in [0, 0.1) is 0 Å². The van der Waals surface area contributed by atoms with Crippen molar-refractivity contribution in [3.8, 4) is 0 Å². The van der Waals surface area contributed by atoms with Crippen molar-refractivity contribution in [1.29, 1.82) is 0 Å². The molecule has 0 aromatic heterocycles. The minimum atomic E-state index is -0.471. The highest BCUT2D eigenvalue weighted by molar-refractivity contribution is 6.31. The summed E-state index contributed by atoms with van der Waals surface area (Å²) in [5.41, 5.74) is 2.10. The predicted molar refractivity (Wildman–Crippen MR) is 124 cm³/mol. The molecule has 2 atom stereocenters. The van der Waals surface area contributed by atoms with Crippen LogP contribution in [0.3, 0.4) is 0 Å². The fourth-order valence-corrected chi connectivity index (χ4v) is 3.65. The lowest BCUT2D eigenvalue weighted by molar-refractivity contribution is -0.141. The van der Waals surface area contributed by atoms with Gasteiger partial charge in [0.2, 0.25) is 11.8 Å². The van der Waals surface area contributed by atoms with Gasteiger partial charge in [0.15, 0.2) is 0 Å². The first-order chi connectivity index (χ1) is 14.5. The van der Waals surface area contributed by atoms with Crippen molar-refractivity contribution < 1.29 is 9.59 Å². The van der Waals surface area contributed by atoms with Crippen molar-refractivity contribution in [2.24, 2.45) is 0 Å². The number of nitrogens with zero attached hydrogens (tertiary/aromatic N) is 1. The molecule has 2 rings (SSSR count). The van der Waals surface area contributed by atoms with Gasteiger partial charge in [0.25, 0.3) is 0 Å². The number of hydrogen-bond acceptors (Lipinski definition) is 2. The van der Waals surface area contributed by atoms with Gasteiger partial charge in [-0.1, -0.05) is 74.0 Å². The molecular weight excluding hydrogens is 396 g/mol. The maximum absolute atomic E-state index is 13.2. The average molecular weight is 429 g/mol. The van der Waals surface area contributed by atoms with E-state index in [-0.39, 0.29) is 17.9 Å². The Labute approximate surface area is 185 Å². The van der Waals surface area contributed by atoms with E-state index in [9.17, 15) is 9.59 Å². The summed E-state index contributed by atoms with van der Waals surface area (Å²) in [4.78, 5) is 27.9. The molecule has 0 saturated heterocycles. The molecule has 0 radical (unpaired) electrons. The molecule has 0 heterocycles. The Morgan fingerprint density at radius 3 is 2.27 bits per heavy atom. The van der Waals surface area contributed by atoms with Gasteiger partial charge in [-0.05, 0) is 49.8 Å². The Bertz CT molecular complexity index is 810. The Kier molecular flexibility index (Phi) is 9.88. The van der Waals surface area contributed by atoms with E-state index in [0.717, 1.165) is 17.5 Å². The third-order valence-corrected chi connectivity index (χ3v) is 5.81. The van der Waals surface area contributed by atoms with Gasteiger partial charge in [0.05, 0.1) is 0 Å². The van der Waals surface area contributed by atoms with E-state index in [4.69, 9.17) is 11.6 Å². The van der Waals surface area contributed by atoms with Crippen molar-refractivity contribution in [1.82, 2.24) is 10.2 Å². The summed E-state index contributed by atoms with van der Waals surface area (Å²) in [6.07, 6.45) is 3.03. The van der Waals surface area contributed by atoms with Gasteiger partial charge >= 0.3 is 0 Å². The van der Waals surface area contributed by atoms with Crippen LogP contribution in [0.25, 0.3) is 0 Å².